The molecular formula is C27H37N3O4. The number of nitro groups is 1. The second kappa shape index (κ2) is 11.0. The number of hydrogen-bond acceptors (Lipinski definition) is 5. The van der Waals surface area contributed by atoms with Crippen molar-refractivity contribution in [2.24, 2.45) is 5.92 Å². The number of ether oxygens (including phenoxy) is 1. The highest BCUT2D eigenvalue weighted by Crippen LogP contribution is 2.29. The Bertz CT molecular complexity index is 985. The molecule has 0 saturated heterocycles. The van der Waals surface area contributed by atoms with Gasteiger partial charge in [-0.2, -0.15) is 0 Å². The first-order valence-electron chi connectivity index (χ1n) is 12.0. The van der Waals surface area contributed by atoms with E-state index in [9.17, 15) is 14.9 Å². The Balaban J connectivity index is 1.79. The summed E-state index contributed by atoms with van der Waals surface area (Å²) in [6.07, 6.45) is 1.56. The molecule has 1 aliphatic heterocycles. The summed E-state index contributed by atoms with van der Waals surface area (Å²) in [5.74, 6) is 0.526. The van der Waals surface area contributed by atoms with Crippen molar-refractivity contribution in [3.8, 4) is 0 Å². The molecule has 7 nitrogen and oxygen atoms in total. The van der Waals surface area contributed by atoms with Crippen molar-refractivity contribution in [2.45, 2.75) is 72.2 Å². The first-order valence-corrected chi connectivity index (χ1v) is 12.0. The second-order valence-electron chi connectivity index (χ2n) is 10.6. The first-order chi connectivity index (χ1) is 16.0. The zero-order chi connectivity index (χ0) is 24.9. The SMILES string of the molecule is CC(C)CC1Cc2ccc([N+](=O)[O-])cc2CN1CCN(Cc1ccccc1)C(=O)OC(C)(C)C. The number of hydrogen-bond donors (Lipinski definition) is 0. The molecule has 0 bridgehead atoms. The molecule has 0 aliphatic carbocycles. The average Bonchev–Trinajstić information content (AvgIpc) is 2.75. The van der Waals surface area contributed by atoms with Gasteiger partial charge in [-0.1, -0.05) is 50.2 Å². The van der Waals surface area contributed by atoms with E-state index in [0.717, 1.165) is 24.0 Å². The molecule has 1 amide bonds. The van der Waals surface area contributed by atoms with Gasteiger partial charge in [-0.05, 0) is 56.2 Å². The maximum Gasteiger partial charge on any atom is 0.410 e. The third kappa shape index (κ3) is 7.29. The van der Waals surface area contributed by atoms with Gasteiger partial charge in [0.25, 0.3) is 5.69 Å². The van der Waals surface area contributed by atoms with Gasteiger partial charge in [0.2, 0.25) is 0 Å². The van der Waals surface area contributed by atoms with E-state index in [-0.39, 0.29) is 16.7 Å². The Kier molecular flexibility index (Phi) is 8.31. The lowest BCUT2D eigenvalue weighted by Gasteiger charge is -2.39. The van der Waals surface area contributed by atoms with E-state index >= 15 is 0 Å². The van der Waals surface area contributed by atoms with Gasteiger partial charge >= 0.3 is 6.09 Å². The number of fused-ring (bicyclic) bond motifs is 1. The minimum atomic E-state index is -0.574. The Labute approximate surface area is 202 Å². The van der Waals surface area contributed by atoms with Crippen LogP contribution in [-0.2, 0) is 24.2 Å². The molecule has 1 unspecified atom stereocenters. The van der Waals surface area contributed by atoms with E-state index in [1.807, 2.05) is 57.2 Å². The van der Waals surface area contributed by atoms with Crippen molar-refractivity contribution in [1.82, 2.24) is 9.80 Å². The molecule has 0 N–H and O–H groups in total. The summed E-state index contributed by atoms with van der Waals surface area (Å²) in [7, 11) is 0. The molecule has 1 atom stereocenters. The van der Waals surface area contributed by atoms with Crippen LogP contribution in [0.4, 0.5) is 10.5 Å². The maximum absolute atomic E-state index is 13.0. The van der Waals surface area contributed by atoms with Gasteiger partial charge in [-0.3, -0.25) is 15.0 Å². The summed E-state index contributed by atoms with van der Waals surface area (Å²) in [5.41, 5.74) is 2.78. The zero-order valence-electron chi connectivity index (χ0n) is 21.0. The number of amides is 1. The van der Waals surface area contributed by atoms with Gasteiger partial charge in [0, 0.05) is 44.4 Å². The van der Waals surface area contributed by atoms with E-state index in [1.54, 1.807) is 17.0 Å². The Morgan fingerprint density at radius 2 is 1.88 bits per heavy atom. The van der Waals surface area contributed by atoms with E-state index in [0.29, 0.717) is 38.1 Å². The van der Waals surface area contributed by atoms with Crippen molar-refractivity contribution < 1.29 is 14.5 Å². The Morgan fingerprint density at radius 1 is 1.18 bits per heavy atom. The van der Waals surface area contributed by atoms with Gasteiger partial charge in [0.15, 0.2) is 0 Å². The van der Waals surface area contributed by atoms with Gasteiger partial charge in [-0.15, -0.1) is 0 Å². The van der Waals surface area contributed by atoms with Gasteiger partial charge in [0.1, 0.15) is 5.60 Å². The van der Waals surface area contributed by atoms with E-state index in [4.69, 9.17) is 4.74 Å². The molecule has 0 aromatic heterocycles. The number of non-ortho nitro benzene ring substituents is 1. The fraction of sp³-hybridized carbons (Fsp3) is 0.519. The highest BCUT2D eigenvalue weighted by molar-refractivity contribution is 5.68. The molecule has 184 valence electrons. The van der Waals surface area contributed by atoms with Crippen LogP contribution in [0.3, 0.4) is 0 Å². The van der Waals surface area contributed by atoms with Crippen LogP contribution in [0.2, 0.25) is 0 Å². The number of benzene rings is 2. The van der Waals surface area contributed by atoms with Crippen molar-refractivity contribution in [3.63, 3.8) is 0 Å². The quantitative estimate of drug-likeness (QED) is 0.362. The van der Waals surface area contributed by atoms with E-state index in [1.165, 1.54) is 5.56 Å². The Morgan fingerprint density at radius 3 is 2.50 bits per heavy atom. The van der Waals surface area contributed by atoms with Crippen molar-refractivity contribution >= 4 is 11.8 Å². The normalized spacial score (nSPS) is 16.2. The molecular weight excluding hydrogens is 430 g/mol. The zero-order valence-corrected chi connectivity index (χ0v) is 21.0. The lowest BCUT2D eigenvalue weighted by atomic mass is 9.89. The van der Waals surface area contributed by atoms with Crippen LogP contribution in [0.1, 0.15) is 57.7 Å². The number of carbonyl (C=O) groups is 1. The molecule has 2 aromatic carbocycles. The van der Waals surface area contributed by atoms with Crippen LogP contribution in [0.25, 0.3) is 0 Å². The summed E-state index contributed by atoms with van der Waals surface area (Å²) in [4.78, 5) is 28.1. The smallest absolute Gasteiger partial charge is 0.410 e. The summed E-state index contributed by atoms with van der Waals surface area (Å²) in [6, 6.07) is 15.4. The highest BCUT2D eigenvalue weighted by Gasteiger charge is 2.29. The fourth-order valence-electron chi connectivity index (χ4n) is 4.46. The van der Waals surface area contributed by atoms with Crippen LogP contribution in [0.15, 0.2) is 48.5 Å². The van der Waals surface area contributed by atoms with Crippen LogP contribution in [0, 0.1) is 16.0 Å². The molecule has 0 fully saturated rings. The molecule has 0 saturated carbocycles. The predicted molar refractivity (Wildman–Crippen MR) is 134 cm³/mol. The minimum Gasteiger partial charge on any atom is -0.444 e. The summed E-state index contributed by atoms with van der Waals surface area (Å²) in [6.45, 7) is 12.4. The molecule has 1 aliphatic rings. The summed E-state index contributed by atoms with van der Waals surface area (Å²) >= 11 is 0. The van der Waals surface area contributed by atoms with E-state index in [2.05, 4.69) is 18.7 Å². The van der Waals surface area contributed by atoms with Gasteiger partial charge < -0.3 is 9.64 Å². The monoisotopic (exact) mass is 467 g/mol. The summed E-state index contributed by atoms with van der Waals surface area (Å²) in [5, 5.41) is 11.3. The largest absolute Gasteiger partial charge is 0.444 e. The summed E-state index contributed by atoms with van der Waals surface area (Å²) < 4.78 is 5.70. The van der Waals surface area contributed by atoms with Crippen LogP contribution in [0.5, 0.6) is 0 Å². The third-order valence-corrected chi connectivity index (χ3v) is 6.01. The minimum absolute atomic E-state index is 0.125. The number of nitrogens with zero attached hydrogens (tertiary/aromatic N) is 3. The van der Waals surface area contributed by atoms with Crippen LogP contribution < -0.4 is 0 Å². The highest BCUT2D eigenvalue weighted by atomic mass is 16.6. The van der Waals surface area contributed by atoms with Crippen LogP contribution >= 0.6 is 0 Å². The molecule has 0 radical (unpaired) electrons. The average molecular weight is 468 g/mol. The topological polar surface area (TPSA) is 75.9 Å². The standard InChI is InChI=1S/C27H37N3O4/c1-20(2)15-25-16-22-11-12-24(30(32)33)17-23(22)19-28(25)13-14-29(26(31)34-27(3,4)5)18-21-9-7-6-8-10-21/h6-12,17,20,25H,13-16,18-19H2,1-5H3. The molecule has 2 aromatic rings. The molecule has 7 heteroatoms. The molecule has 3 rings (SSSR count). The third-order valence-electron chi connectivity index (χ3n) is 6.01. The Hall–Kier alpha value is -2.93. The first kappa shape index (κ1) is 25.7. The molecule has 1 heterocycles. The van der Waals surface area contributed by atoms with Gasteiger partial charge in [-0.25, -0.2) is 4.79 Å². The van der Waals surface area contributed by atoms with Crippen molar-refractivity contribution in [3.05, 3.63) is 75.3 Å². The number of nitro benzene ring substituents is 1. The fourth-order valence-corrected chi connectivity index (χ4v) is 4.46. The maximum atomic E-state index is 13.0. The predicted octanol–water partition coefficient (Wildman–Crippen LogP) is 5.80. The lowest BCUT2D eigenvalue weighted by molar-refractivity contribution is -0.385. The lowest BCUT2D eigenvalue weighted by Crippen LogP contribution is -2.46. The second-order valence-corrected chi connectivity index (χ2v) is 10.6. The molecule has 34 heavy (non-hydrogen) atoms. The van der Waals surface area contributed by atoms with Crippen molar-refractivity contribution in [1.29, 1.82) is 0 Å². The van der Waals surface area contributed by atoms with E-state index < -0.39 is 5.60 Å². The number of carbonyl (C=O) groups excluding carboxylic acids is 1. The van der Waals surface area contributed by atoms with Crippen molar-refractivity contribution in [2.75, 3.05) is 13.1 Å². The number of rotatable bonds is 8. The van der Waals surface area contributed by atoms with Crippen LogP contribution in [-0.4, -0.2) is 45.5 Å². The van der Waals surface area contributed by atoms with Gasteiger partial charge in [0.05, 0.1) is 4.92 Å². The molecule has 0 spiro atoms.